The quantitative estimate of drug-likeness (QED) is 0.610. The van der Waals surface area contributed by atoms with Crippen LogP contribution in [0.5, 0.6) is 0 Å². The molecular formula is C27H28N2O4. The van der Waals surface area contributed by atoms with Gasteiger partial charge in [-0.05, 0) is 68.1 Å². The van der Waals surface area contributed by atoms with Gasteiger partial charge in [0, 0.05) is 11.3 Å². The highest BCUT2D eigenvalue weighted by molar-refractivity contribution is 6.06. The van der Waals surface area contributed by atoms with Gasteiger partial charge in [0.05, 0.1) is 0 Å². The molecular weight excluding hydrogens is 416 g/mol. The smallest absolute Gasteiger partial charge is 0.326 e. The summed E-state index contributed by atoms with van der Waals surface area (Å²) in [5.41, 5.74) is 1.46. The molecule has 1 atom stereocenters. The van der Waals surface area contributed by atoms with Crippen LogP contribution in [0.2, 0.25) is 0 Å². The largest absolute Gasteiger partial charge is 0.459 e. The number of para-hydroxylation sites is 1. The van der Waals surface area contributed by atoms with Gasteiger partial charge in [-0.15, -0.1) is 0 Å². The predicted octanol–water partition coefficient (Wildman–Crippen LogP) is 4.26. The van der Waals surface area contributed by atoms with Crippen LogP contribution in [0.1, 0.15) is 43.1 Å². The molecule has 1 heterocycles. The third-order valence-corrected chi connectivity index (χ3v) is 5.57. The van der Waals surface area contributed by atoms with E-state index in [-0.39, 0.29) is 18.4 Å². The fourth-order valence-corrected chi connectivity index (χ4v) is 4.09. The highest BCUT2D eigenvalue weighted by atomic mass is 16.6. The van der Waals surface area contributed by atoms with E-state index in [4.69, 9.17) is 4.74 Å². The van der Waals surface area contributed by atoms with Crippen LogP contribution in [0.25, 0.3) is 10.8 Å². The summed E-state index contributed by atoms with van der Waals surface area (Å²) in [6, 6.07) is 20.0. The van der Waals surface area contributed by atoms with Gasteiger partial charge in [0.1, 0.15) is 18.2 Å². The van der Waals surface area contributed by atoms with Gasteiger partial charge in [0.25, 0.3) is 5.91 Å². The number of nitrogens with zero attached hydrogens (tertiary/aromatic N) is 1. The standard InChI is InChI=1S/C27H28N2O4/c1-27(2,3)33-24(30)17-29-23-11-7-6-9-19(23)14-15-22(26(29)32)28-25(31)21-13-12-18-8-4-5-10-20(18)16-21/h4-13,16,22H,14-15,17H2,1-3H3,(H,28,31)/t22-/m1/s1. The molecule has 0 saturated carbocycles. The van der Waals surface area contributed by atoms with Gasteiger partial charge < -0.3 is 10.1 Å². The Morgan fingerprint density at radius 2 is 1.70 bits per heavy atom. The monoisotopic (exact) mass is 444 g/mol. The minimum Gasteiger partial charge on any atom is -0.459 e. The number of carbonyl (C=O) groups is 3. The Morgan fingerprint density at radius 3 is 2.45 bits per heavy atom. The van der Waals surface area contributed by atoms with E-state index in [0.29, 0.717) is 24.1 Å². The molecule has 3 aromatic carbocycles. The molecule has 2 amide bonds. The second kappa shape index (κ2) is 9.06. The van der Waals surface area contributed by atoms with Crippen LogP contribution in [0.4, 0.5) is 5.69 Å². The molecule has 0 aromatic heterocycles. The molecule has 0 saturated heterocycles. The van der Waals surface area contributed by atoms with Gasteiger partial charge in [-0.2, -0.15) is 0 Å². The van der Waals surface area contributed by atoms with Crippen molar-refractivity contribution in [2.75, 3.05) is 11.4 Å². The summed E-state index contributed by atoms with van der Waals surface area (Å²) < 4.78 is 5.45. The molecule has 0 fully saturated rings. The summed E-state index contributed by atoms with van der Waals surface area (Å²) in [7, 11) is 0. The Bertz CT molecular complexity index is 1210. The second-order valence-electron chi connectivity index (χ2n) is 9.27. The second-order valence-corrected chi connectivity index (χ2v) is 9.27. The average Bonchev–Trinajstić information content (AvgIpc) is 2.90. The van der Waals surface area contributed by atoms with E-state index in [1.165, 1.54) is 4.90 Å². The number of esters is 1. The maximum absolute atomic E-state index is 13.5. The lowest BCUT2D eigenvalue weighted by molar-refractivity contribution is -0.153. The molecule has 0 bridgehead atoms. The van der Waals surface area contributed by atoms with E-state index >= 15 is 0 Å². The molecule has 0 radical (unpaired) electrons. The summed E-state index contributed by atoms with van der Waals surface area (Å²) in [5, 5.41) is 4.89. The molecule has 1 N–H and O–H groups in total. The van der Waals surface area contributed by atoms with E-state index in [9.17, 15) is 14.4 Å². The number of aryl methyl sites for hydroxylation is 1. The summed E-state index contributed by atoms with van der Waals surface area (Å²) in [4.78, 5) is 40.5. The molecule has 170 valence electrons. The van der Waals surface area contributed by atoms with Crippen molar-refractivity contribution < 1.29 is 19.1 Å². The fourth-order valence-electron chi connectivity index (χ4n) is 4.09. The van der Waals surface area contributed by atoms with Crippen molar-refractivity contribution in [1.29, 1.82) is 0 Å². The number of hydrogen-bond acceptors (Lipinski definition) is 4. The Balaban J connectivity index is 1.57. The average molecular weight is 445 g/mol. The molecule has 6 heteroatoms. The van der Waals surface area contributed by atoms with Crippen LogP contribution in [-0.4, -0.2) is 36.0 Å². The zero-order valence-corrected chi connectivity index (χ0v) is 19.1. The fraction of sp³-hybridized carbons (Fsp3) is 0.296. The van der Waals surface area contributed by atoms with E-state index < -0.39 is 17.6 Å². The van der Waals surface area contributed by atoms with Crippen LogP contribution < -0.4 is 10.2 Å². The highest BCUT2D eigenvalue weighted by Crippen LogP contribution is 2.27. The predicted molar refractivity (Wildman–Crippen MR) is 128 cm³/mol. The SMILES string of the molecule is CC(C)(C)OC(=O)CN1C(=O)[C@H](NC(=O)c2ccc3ccccc3c2)CCc2ccccc21. The zero-order valence-electron chi connectivity index (χ0n) is 19.1. The van der Waals surface area contributed by atoms with Crippen molar-refractivity contribution in [3.05, 3.63) is 77.9 Å². The summed E-state index contributed by atoms with van der Waals surface area (Å²) in [6.07, 6.45) is 1.05. The van der Waals surface area contributed by atoms with Gasteiger partial charge in [0.15, 0.2) is 0 Å². The van der Waals surface area contributed by atoms with Crippen molar-refractivity contribution in [2.45, 2.75) is 45.3 Å². The normalized spacial score (nSPS) is 16.2. The Labute approximate surface area is 193 Å². The Hall–Kier alpha value is -3.67. The van der Waals surface area contributed by atoms with Crippen molar-refractivity contribution >= 4 is 34.2 Å². The van der Waals surface area contributed by atoms with Gasteiger partial charge in [0.2, 0.25) is 5.91 Å². The van der Waals surface area contributed by atoms with Crippen LogP contribution >= 0.6 is 0 Å². The Morgan fingerprint density at radius 1 is 1.00 bits per heavy atom. The third-order valence-electron chi connectivity index (χ3n) is 5.57. The number of benzene rings is 3. The molecule has 3 aromatic rings. The molecule has 1 aliphatic rings. The maximum Gasteiger partial charge on any atom is 0.326 e. The van der Waals surface area contributed by atoms with Gasteiger partial charge in [-0.3, -0.25) is 19.3 Å². The molecule has 33 heavy (non-hydrogen) atoms. The topological polar surface area (TPSA) is 75.7 Å². The minimum atomic E-state index is -0.751. The first kappa shape index (κ1) is 22.5. The molecule has 4 rings (SSSR count). The zero-order chi connectivity index (χ0) is 23.6. The minimum absolute atomic E-state index is 0.213. The van der Waals surface area contributed by atoms with Crippen molar-refractivity contribution in [3.8, 4) is 0 Å². The highest BCUT2D eigenvalue weighted by Gasteiger charge is 2.33. The first-order valence-corrected chi connectivity index (χ1v) is 11.1. The summed E-state index contributed by atoms with van der Waals surface area (Å²) in [6.45, 7) is 5.15. The van der Waals surface area contributed by atoms with Crippen molar-refractivity contribution in [1.82, 2.24) is 5.32 Å². The number of nitrogens with one attached hydrogen (secondary N) is 1. The molecule has 0 spiro atoms. The number of carbonyl (C=O) groups excluding carboxylic acids is 3. The first-order chi connectivity index (χ1) is 15.7. The van der Waals surface area contributed by atoms with Crippen LogP contribution in [0.3, 0.4) is 0 Å². The number of anilines is 1. The number of amides is 2. The van der Waals surface area contributed by atoms with Gasteiger partial charge >= 0.3 is 5.97 Å². The Kier molecular flexibility index (Phi) is 6.18. The summed E-state index contributed by atoms with van der Waals surface area (Å²) in [5.74, 6) is -1.13. The molecule has 6 nitrogen and oxygen atoms in total. The van der Waals surface area contributed by atoms with Crippen molar-refractivity contribution in [3.63, 3.8) is 0 Å². The van der Waals surface area contributed by atoms with Crippen LogP contribution in [0.15, 0.2) is 66.7 Å². The first-order valence-electron chi connectivity index (χ1n) is 11.1. The third kappa shape index (κ3) is 5.22. The van der Waals surface area contributed by atoms with Crippen molar-refractivity contribution in [2.24, 2.45) is 0 Å². The lowest BCUT2D eigenvalue weighted by Crippen LogP contribution is -2.50. The number of fused-ring (bicyclic) bond motifs is 2. The van der Waals surface area contributed by atoms with E-state index in [1.807, 2.05) is 60.7 Å². The maximum atomic E-state index is 13.5. The van der Waals surface area contributed by atoms with Crippen LogP contribution in [0, 0.1) is 0 Å². The van der Waals surface area contributed by atoms with Crippen LogP contribution in [-0.2, 0) is 20.7 Å². The molecule has 0 unspecified atom stereocenters. The van der Waals surface area contributed by atoms with E-state index in [0.717, 1.165) is 16.3 Å². The number of rotatable bonds is 4. The number of hydrogen-bond donors (Lipinski definition) is 1. The summed E-state index contributed by atoms with van der Waals surface area (Å²) >= 11 is 0. The molecule has 0 aliphatic carbocycles. The van der Waals surface area contributed by atoms with E-state index in [2.05, 4.69) is 5.32 Å². The van der Waals surface area contributed by atoms with Gasteiger partial charge in [-0.1, -0.05) is 48.5 Å². The lowest BCUT2D eigenvalue weighted by Gasteiger charge is -2.27. The number of ether oxygens (including phenoxy) is 1. The lowest BCUT2D eigenvalue weighted by atomic mass is 10.0. The van der Waals surface area contributed by atoms with Gasteiger partial charge in [-0.25, -0.2) is 0 Å². The molecule has 1 aliphatic heterocycles. The van der Waals surface area contributed by atoms with E-state index in [1.54, 1.807) is 26.8 Å².